The van der Waals surface area contributed by atoms with Crippen LogP contribution >= 0.6 is 0 Å². The van der Waals surface area contributed by atoms with Gasteiger partial charge in [-0.1, -0.05) is 0 Å². The minimum Gasteiger partial charge on any atom is -0.495 e. The molecule has 9 heteroatoms. The lowest BCUT2D eigenvalue weighted by molar-refractivity contribution is -0.114. The number of nitrogens with zero attached hydrogens (tertiary/aromatic N) is 2. The molecule has 2 aromatic rings. The molecule has 0 aliphatic carbocycles. The molecular weight excluding hydrogens is 340 g/mol. The Morgan fingerprint density at radius 2 is 1.92 bits per heavy atom. The van der Waals surface area contributed by atoms with Gasteiger partial charge in [-0.2, -0.15) is 5.10 Å². The summed E-state index contributed by atoms with van der Waals surface area (Å²) in [6.45, 7) is 1.91. The lowest BCUT2D eigenvalue weighted by Crippen LogP contribution is -2.27. The molecule has 9 nitrogen and oxygen atoms in total. The molecule has 0 bridgehead atoms. The first-order valence-corrected chi connectivity index (χ1v) is 7.78. The number of carbonyl (C=O) groups excluding carboxylic acids is 2. The van der Waals surface area contributed by atoms with Gasteiger partial charge in [0, 0.05) is 25.8 Å². The highest BCUT2D eigenvalue weighted by molar-refractivity contribution is 6.04. The zero-order valence-electron chi connectivity index (χ0n) is 14.7. The number of hydrogen-bond acceptors (Lipinski definition) is 6. The standard InChI is InChI=1S/C17H20N4O5/c1-11(22)18-12-4-6-15(26-3)14(10-12)19-17(24)13-5-7-16(23)21(20-13)8-9-25-2/h4-7,10H,8-9H2,1-3H3,(H,18,22)(H,19,24). The van der Waals surface area contributed by atoms with E-state index >= 15 is 0 Å². The first kappa shape index (κ1) is 19.1. The SMILES string of the molecule is COCCn1nc(C(=O)Nc2cc(NC(C)=O)ccc2OC)ccc1=O. The molecule has 0 saturated carbocycles. The Balaban J connectivity index is 2.26. The number of hydrogen-bond donors (Lipinski definition) is 2. The summed E-state index contributed by atoms with van der Waals surface area (Å²) in [5.74, 6) is -0.339. The molecule has 1 aromatic carbocycles. The van der Waals surface area contributed by atoms with E-state index in [9.17, 15) is 14.4 Å². The van der Waals surface area contributed by atoms with E-state index < -0.39 is 5.91 Å². The van der Waals surface area contributed by atoms with Crippen LogP contribution in [-0.2, 0) is 16.1 Å². The Labute approximate surface area is 149 Å². The second-order valence-electron chi connectivity index (χ2n) is 5.32. The smallest absolute Gasteiger partial charge is 0.276 e. The van der Waals surface area contributed by atoms with Crippen LogP contribution in [0.25, 0.3) is 0 Å². The zero-order chi connectivity index (χ0) is 19.1. The van der Waals surface area contributed by atoms with Gasteiger partial charge >= 0.3 is 0 Å². The summed E-state index contributed by atoms with van der Waals surface area (Å²) in [6, 6.07) is 7.44. The van der Waals surface area contributed by atoms with Crippen molar-refractivity contribution in [2.45, 2.75) is 13.5 Å². The Hall–Kier alpha value is -3.20. The second-order valence-corrected chi connectivity index (χ2v) is 5.32. The number of carbonyl (C=O) groups is 2. The van der Waals surface area contributed by atoms with Crippen molar-refractivity contribution in [3.63, 3.8) is 0 Å². The van der Waals surface area contributed by atoms with Crippen LogP contribution in [0.1, 0.15) is 17.4 Å². The summed E-state index contributed by atoms with van der Waals surface area (Å²) in [7, 11) is 2.97. The number of ether oxygens (including phenoxy) is 2. The lowest BCUT2D eigenvalue weighted by Gasteiger charge is -2.12. The summed E-state index contributed by atoms with van der Waals surface area (Å²) >= 11 is 0. The van der Waals surface area contributed by atoms with Gasteiger partial charge in [-0.25, -0.2) is 4.68 Å². The topological polar surface area (TPSA) is 112 Å². The third kappa shape index (κ3) is 4.90. The maximum Gasteiger partial charge on any atom is 0.276 e. The van der Waals surface area contributed by atoms with Crippen molar-refractivity contribution in [2.24, 2.45) is 0 Å². The fourth-order valence-electron chi connectivity index (χ4n) is 2.18. The van der Waals surface area contributed by atoms with Gasteiger partial charge in [0.1, 0.15) is 11.4 Å². The van der Waals surface area contributed by atoms with E-state index in [2.05, 4.69) is 15.7 Å². The first-order valence-electron chi connectivity index (χ1n) is 7.78. The van der Waals surface area contributed by atoms with Crippen LogP contribution in [-0.4, -0.2) is 42.4 Å². The normalized spacial score (nSPS) is 10.3. The number of anilines is 2. The van der Waals surface area contributed by atoms with Crippen molar-refractivity contribution in [3.05, 3.63) is 46.4 Å². The average Bonchev–Trinajstić information content (AvgIpc) is 2.60. The number of nitrogens with one attached hydrogen (secondary N) is 2. The quantitative estimate of drug-likeness (QED) is 0.765. The predicted molar refractivity (Wildman–Crippen MR) is 95.6 cm³/mol. The van der Waals surface area contributed by atoms with Gasteiger partial charge < -0.3 is 20.1 Å². The fourth-order valence-corrected chi connectivity index (χ4v) is 2.18. The van der Waals surface area contributed by atoms with Crippen LogP contribution in [0.4, 0.5) is 11.4 Å². The van der Waals surface area contributed by atoms with Crippen molar-refractivity contribution in [1.29, 1.82) is 0 Å². The van der Waals surface area contributed by atoms with Crippen LogP contribution in [0.2, 0.25) is 0 Å². The molecule has 0 atom stereocenters. The highest BCUT2D eigenvalue weighted by Gasteiger charge is 2.13. The number of rotatable bonds is 7. The fraction of sp³-hybridized carbons (Fsp3) is 0.294. The van der Waals surface area contributed by atoms with Crippen LogP contribution in [0.15, 0.2) is 35.1 Å². The maximum atomic E-state index is 12.5. The molecule has 1 heterocycles. The largest absolute Gasteiger partial charge is 0.495 e. The third-order valence-electron chi connectivity index (χ3n) is 3.37. The molecule has 2 rings (SSSR count). The summed E-state index contributed by atoms with van der Waals surface area (Å²) < 4.78 is 11.3. The Kier molecular flexibility index (Phi) is 6.45. The average molecular weight is 360 g/mol. The minimum atomic E-state index is -0.519. The molecule has 26 heavy (non-hydrogen) atoms. The lowest BCUT2D eigenvalue weighted by atomic mass is 10.2. The molecule has 0 spiro atoms. The van der Waals surface area contributed by atoms with Gasteiger partial charge in [-0.05, 0) is 24.3 Å². The van der Waals surface area contributed by atoms with E-state index in [0.29, 0.717) is 23.7 Å². The molecule has 0 radical (unpaired) electrons. The van der Waals surface area contributed by atoms with E-state index in [-0.39, 0.29) is 23.7 Å². The van der Waals surface area contributed by atoms with E-state index in [1.54, 1.807) is 18.2 Å². The van der Waals surface area contributed by atoms with Crippen molar-refractivity contribution >= 4 is 23.2 Å². The highest BCUT2D eigenvalue weighted by atomic mass is 16.5. The van der Waals surface area contributed by atoms with Crippen molar-refractivity contribution in [3.8, 4) is 5.75 Å². The summed E-state index contributed by atoms with van der Waals surface area (Å²) in [4.78, 5) is 35.4. The minimum absolute atomic E-state index is 0.0627. The Bertz CT molecular complexity index is 862. The number of amides is 2. The van der Waals surface area contributed by atoms with Gasteiger partial charge in [0.05, 0.1) is 25.9 Å². The number of benzene rings is 1. The van der Waals surface area contributed by atoms with Crippen LogP contribution in [0.3, 0.4) is 0 Å². The van der Waals surface area contributed by atoms with Crippen molar-refractivity contribution in [1.82, 2.24) is 9.78 Å². The van der Waals surface area contributed by atoms with Crippen LogP contribution < -0.4 is 20.9 Å². The number of methoxy groups -OCH3 is 2. The summed E-state index contributed by atoms with van der Waals surface area (Å²) in [6.07, 6.45) is 0. The molecule has 0 unspecified atom stereocenters. The summed E-state index contributed by atoms with van der Waals surface area (Å²) in [5, 5.41) is 9.33. The Morgan fingerprint density at radius 3 is 2.58 bits per heavy atom. The van der Waals surface area contributed by atoms with Gasteiger partial charge in [-0.15, -0.1) is 0 Å². The van der Waals surface area contributed by atoms with E-state index in [4.69, 9.17) is 9.47 Å². The van der Waals surface area contributed by atoms with Crippen molar-refractivity contribution in [2.75, 3.05) is 31.5 Å². The van der Waals surface area contributed by atoms with Gasteiger partial charge in [-0.3, -0.25) is 14.4 Å². The molecule has 138 valence electrons. The molecule has 0 saturated heterocycles. The monoisotopic (exact) mass is 360 g/mol. The predicted octanol–water partition coefficient (Wildman–Crippen LogP) is 1.11. The van der Waals surface area contributed by atoms with E-state index in [0.717, 1.165) is 4.68 Å². The van der Waals surface area contributed by atoms with E-state index in [1.165, 1.54) is 33.3 Å². The third-order valence-corrected chi connectivity index (χ3v) is 3.37. The molecular formula is C17H20N4O5. The molecule has 2 amide bonds. The zero-order valence-corrected chi connectivity index (χ0v) is 14.7. The molecule has 0 aliphatic heterocycles. The molecule has 2 N–H and O–H groups in total. The highest BCUT2D eigenvalue weighted by Crippen LogP contribution is 2.28. The second kappa shape index (κ2) is 8.77. The molecule has 0 fully saturated rings. The van der Waals surface area contributed by atoms with Crippen molar-refractivity contribution < 1.29 is 19.1 Å². The maximum absolute atomic E-state index is 12.5. The Morgan fingerprint density at radius 1 is 1.15 bits per heavy atom. The van der Waals surface area contributed by atoms with Gasteiger partial charge in [0.15, 0.2) is 0 Å². The van der Waals surface area contributed by atoms with Gasteiger partial charge in [0.2, 0.25) is 5.91 Å². The molecule has 1 aromatic heterocycles. The van der Waals surface area contributed by atoms with Gasteiger partial charge in [0.25, 0.3) is 11.5 Å². The first-order chi connectivity index (χ1) is 12.4. The van der Waals surface area contributed by atoms with Crippen LogP contribution in [0, 0.1) is 0 Å². The molecule has 0 aliphatic rings. The number of aromatic nitrogens is 2. The summed E-state index contributed by atoms with van der Waals surface area (Å²) in [5.41, 5.74) is 0.600. The van der Waals surface area contributed by atoms with Crippen LogP contribution in [0.5, 0.6) is 5.75 Å². The van der Waals surface area contributed by atoms with E-state index in [1.807, 2.05) is 0 Å².